The molecule has 3 N–H and O–H groups in total. The number of benzene rings is 3. The summed E-state index contributed by atoms with van der Waals surface area (Å²) in [5, 5.41) is 16.9. The lowest BCUT2D eigenvalue weighted by molar-refractivity contribution is -0.384. The Hall–Kier alpha value is -5.72. The number of nitrogens with zero attached hydrogens (tertiary/aromatic N) is 6. The van der Waals surface area contributed by atoms with Crippen molar-refractivity contribution in [3.63, 3.8) is 0 Å². The van der Waals surface area contributed by atoms with Gasteiger partial charge in [-0.15, -0.1) is 0 Å². The molecule has 3 aromatic carbocycles. The summed E-state index contributed by atoms with van der Waals surface area (Å²) in [5.74, 6) is -0.491. The maximum atomic E-state index is 14.4. The van der Waals surface area contributed by atoms with Crippen LogP contribution in [0.1, 0.15) is 55.5 Å². The number of nitrogens with one attached hydrogen (secondary N) is 3. The Bertz CT molecular complexity index is 2770. The molecule has 1 unspecified atom stereocenters. The molecule has 348 valence electrons. The second-order valence-electron chi connectivity index (χ2n) is 18.5. The number of pyridine rings is 1. The lowest BCUT2D eigenvalue weighted by Gasteiger charge is -2.39. The van der Waals surface area contributed by atoms with Crippen LogP contribution in [0.25, 0.3) is 16.6 Å². The van der Waals surface area contributed by atoms with Crippen LogP contribution in [0.2, 0.25) is 5.02 Å². The SMILES string of the molecule is CN1CCOC(CNc2ccc(S(=O)(=O)NC(=O)c3ccc(N4CCN(CC5=C(c6ccc(Cl)cc6)CC(C)(C)CC5)CC4)cc3N3CCCOc4nc5[nH]ccc5cc43)cc2[N+](=O)[O-])C1. The summed E-state index contributed by atoms with van der Waals surface area (Å²) in [5.41, 5.74) is 6.83. The zero-order valence-corrected chi connectivity index (χ0v) is 39.1. The minimum absolute atomic E-state index is 0.107. The Morgan fingerprint density at radius 2 is 1.79 bits per heavy atom. The van der Waals surface area contributed by atoms with Crippen LogP contribution >= 0.6 is 11.6 Å². The number of H-pyrrole nitrogens is 1. The number of carbonyl (C=O) groups excluding carboxylic acids is 1. The van der Waals surface area contributed by atoms with E-state index in [4.69, 9.17) is 26.1 Å². The van der Waals surface area contributed by atoms with Crippen molar-refractivity contribution in [1.82, 2.24) is 24.5 Å². The van der Waals surface area contributed by atoms with Crippen LogP contribution in [0, 0.1) is 15.5 Å². The first-order chi connectivity index (χ1) is 31.7. The van der Waals surface area contributed by atoms with E-state index < -0.39 is 31.4 Å². The molecule has 18 heteroatoms. The summed E-state index contributed by atoms with van der Waals surface area (Å²) in [6, 6.07) is 21.1. The van der Waals surface area contributed by atoms with E-state index in [-0.39, 0.29) is 22.8 Å². The van der Waals surface area contributed by atoms with Gasteiger partial charge in [0.05, 0.1) is 40.4 Å². The maximum absolute atomic E-state index is 14.4. The number of carbonyl (C=O) groups is 1. The minimum Gasteiger partial charge on any atom is -0.476 e. The highest BCUT2D eigenvalue weighted by atomic mass is 35.5. The standard InChI is InChI=1S/C48H56ClN9O7S/c1-48(2)15-13-34(40(28-48)32-5-7-35(49)8-6-32)30-55-18-20-56(21-19-55)36-9-11-39(42(26-36)57-17-4-23-65-47-44(57)25-33-14-16-50-45(33)52-47)46(59)53-66(62,63)38-10-12-41(43(27-38)58(60)61)51-29-37-31-54(3)22-24-64-37/h5-12,14,16,25-27,37,51H,4,13,15,17-24,28-31H2,1-3H3,(H,50,52)(H,53,59). The topological polar surface area (TPSA) is 179 Å². The zero-order valence-electron chi connectivity index (χ0n) is 37.5. The average molecular weight is 939 g/mol. The van der Waals surface area contributed by atoms with Crippen molar-refractivity contribution < 1.29 is 27.6 Å². The summed E-state index contributed by atoms with van der Waals surface area (Å²) in [4.78, 5) is 42.4. The third-order valence-electron chi connectivity index (χ3n) is 13.1. The number of aromatic amines is 1. The highest BCUT2D eigenvalue weighted by molar-refractivity contribution is 7.90. The predicted molar refractivity (Wildman–Crippen MR) is 258 cm³/mol. The second kappa shape index (κ2) is 18.9. The number of aromatic nitrogens is 2. The van der Waals surface area contributed by atoms with Crippen molar-refractivity contribution in [2.45, 2.75) is 50.5 Å². The maximum Gasteiger partial charge on any atom is 0.293 e. The van der Waals surface area contributed by atoms with E-state index in [1.165, 1.54) is 28.8 Å². The van der Waals surface area contributed by atoms with Gasteiger partial charge in [-0.1, -0.05) is 43.2 Å². The molecule has 2 fully saturated rings. The summed E-state index contributed by atoms with van der Waals surface area (Å²) in [6.45, 7) is 11.8. The van der Waals surface area contributed by atoms with Gasteiger partial charge in [-0.3, -0.25) is 19.8 Å². The number of nitro groups is 1. The molecule has 9 rings (SSSR count). The lowest BCUT2D eigenvalue weighted by Crippen LogP contribution is -2.47. The van der Waals surface area contributed by atoms with Crippen molar-refractivity contribution in [2.24, 2.45) is 5.41 Å². The van der Waals surface area contributed by atoms with Crippen LogP contribution in [-0.4, -0.2) is 124 Å². The van der Waals surface area contributed by atoms with Crippen molar-refractivity contribution >= 4 is 72.6 Å². The van der Waals surface area contributed by atoms with E-state index >= 15 is 0 Å². The van der Waals surface area contributed by atoms with Gasteiger partial charge in [-0.25, -0.2) is 13.1 Å². The van der Waals surface area contributed by atoms with Gasteiger partial charge in [0.2, 0.25) is 5.88 Å². The minimum atomic E-state index is -4.59. The third-order valence-corrected chi connectivity index (χ3v) is 14.7. The van der Waals surface area contributed by atoms with Crippen LogP contribution in [0.5, 0.6) is 5.88 Å². The van der Waals surface area contributed by atoms with Gasteiger partial charge < -0.3 is 34.5 Å². The monoisotopic (exact) mass is 937 g/mol. The molecule has 0 radical (unpaired) electrons. The quantitative estimate of drug-likeness (QED) is 0.0820. The molecule has 66 heavy (non-hydrogen) atoms. The van der Waals surface area contributed by atoms with Crippen LogP contribution in [0.4, 0.5) is 28.4 Å². The molecule has 2 saturated heterocycles. The van der Waals surface area contributed by atoms with Crippen LogP contribution < -0.4 is 24.6 Å². The van der Waals surface area contributed by atoms with Crippen molar-refractivity contribution in [3.8, 4) is 5.88 Å². The number of piperazine rings is 1. The number of halogens is 1. The first kappa shape index (κ1) is 45.4. The fourth-order valence-electron chi connectivity index (χ4n) is 9.47. The molecule has 1 aliphatic carbocycles. The fraction of sp³-hybridized carbons (Fsp3) is 0.417. The van der Waals surface area contributed by atoms with Crippen LogP contribution in [0.3, 0.4) is 0 Å². The lowest BCUT2D eigenvalue weighted by atomic mass is 9.72. The number of sulfonamides is 1. The Morgan fingerprint density at radius 1 is 0.985 bits per heavy atom. The van der Waals surface area contributed by atoms with Gasteiger partial charge in [-0.2, -0.15) is 4.98 Å². The van der Waals surface area contributed by atoms with Gasteiger partial charge >= 0.3 is 0 Å². The number of likely N-dealkylation sites (N-methyl/N-ethyl adjacent to an activating group) is 1. The molecule has 0 saturated carbocycles. The number of hydrogen-bond donors (Lipinski definition) is 3. The first-order valence-corrected chi connectivity index (χ1v) is 24.4. The van der Waals surface area contributed by atoms with Gasteiger partial charge in [0.25, 0.3) is 21.6 Å². The van der Waals surface area contributed by atoms with Crippen LogP contribution in [-0.2, 0) is 14.8 Å². The molecular weight excluding hydrogens is 882 g/mol. The van der Waals surface area contributed by atoms with Gasteiger partial charge in [0.1, 0.15) is 17.0 Å². The second-order valence-corrected chi connectivity index (χ2v) is 20.6. The number of anilines is 4. The number of allylic oxidation sites excluding steroid dienone is 1. The molecule has 5 aromatic rings. The van der Waals surface area contributed by atoms with Crippen molar-refractivity contribution in [3.05, 3.63) is 111 Å². The number of ether oxygens (including phenoxy) is 2. The van der Waals surface area contributed by atoms with E-state index in [2.05, 4.69) is 55.7 Å². The van der Waals surface area contributed by atoms with E-state index in [0.717, 1.165) is 80.7 Å². The highest BCUT2D eigenvalue weighted by Crippen LogP contribution is 2.44. The Labute approximate surface area is 390 Å². The predicted octanol–water partition coefficient (Wildman–Crippen LogP) is 7.69. The number of hydrogen-bond acceptors (Lipinski definition) is 13. The molecule has 1 amide bonds. The molecule has 5 heterocycles. The number of rotatable bonds is 12. The Morgan fingerprint density at radius 3 is 2.56 bits per heavy atom. The normalized spacial score (nSPS) is 19.5. The summed E-state index contributed by atoms with van der Waals surface area (Å²) >= 11 is 6.27. The first-order valence-electron chi connectivity index (χ1n) is 22.6. The molecule has 3 aliphatic heterocycles. The number of amides is 1. The van der Waals surface area contributed by atoms with Gasteiger partial charge in [-0.05, 0) is 104 Å². The molecule has 0 bridgehead atoms. The van der Waals surface area contributed by atoms with Gasteiger partial charge in [0.15, 0.2) is 0 Å². The zero-order chi connectivity index (χ0) is 46.2. The van der Waals surface area contributed by atoms with E-state index in [1.807, 2.05) is 48.3 Å². The molecule has 4 aliphatic rings. The van der Waals surface area contributed by atoms with Crippen molar-refractivity contribution in [1.29, 1.82) is 0 Å². The smallest absolute Gasteiger partial charge is 0.293 e. The number of morpholine rings is 1. The molecule has 0 spiro atoms. The van der Waals surface area contributed by atoms with E-state index in [1.54, 1.807) is 12.3 Å². The molecule has 1 atom stereocenters. The Balaban J connectivity index is 0.982. The van der Waals surface area contributed by atoms with Gasteiger partial charge in [0, 0.05) is 87.3 Å². The third kappa shape index (κ3) is 10.0. The van der Waals surface area contributed by atoms with Crippen LogP contribution in [0.15, 0.2) is 89.5 Å². The van der Waals surface area contributed by atoms with E-state index in [9.17, 15) is 23.3 Å². The molecular formula is C48H56ClN9O7S. The fourth-order valence-corrected chi connectivity index (χ4v) is 10.6. The van der Waals surface area contributed by atoms with E-state index in [0.29, 0.717) is 62.2 Å². The Kier molecular flexibility index (Phi) is 13.0. The number of nitro benzene ring substituents is 1. The molecule has 16 nitrogen and oxygen atoms in total. The largest absolute Gasteiger partial charge is 0.476 e. The summed E-state index contributed by atoms with van der Waals surface area (Å²) < 4.78 is 42.1. The number of fused-ring (bicyclic) bond motifs is 2. The molecule has 2 aromatic heterocycles. The van der Waals surface area contributed by atoms with Crippen molar-refractivity contribution in [2.75, 3.05) is 94.3 Å². The highest BCUT2D eigenvalue weighted by Gasteiger charge is 2.32. The average Bonchev–Trinajstić information content (AvgIpc) is 3.66. The summed E-state index contributed by atoms with van der Waals surface area (Å²) in [6.07, 6.45) is 5.40. The summed E-state index contributed by atoms with van der Waals surface area (Å²) in [7, 11) is -2.61.